The van der Waals surface area contributed by atoms with Crippen LogP contribution in [0.25, 0.3) is 0 Å². The number of hydrogen-bond acceptors (Lipinski definition) is 4. The molecule has 2 rings (SSSR count). The van der Waals surface area contributed by atoms with Crippen molar-refractivity contribution in [3.05, 3.63) is 17.0 Å². The molecular weight excluding hydrogens is 262 g/mol. The van der Waals surface area contributed by atoms with Crippen molar-refractivity contribution in [3.8, 4) is 0 Å². The lowest BCUT2D eigenvalue weighted by Crippen LogP contribution is -2.09. The van der Waals surface area contributed by atoms with Crippen molar-refractivity contribution in [2.75, 3.05) is 18.5 Å². The second-order valence-corrected chi connectivity index (χ2v) is 5.38. The Balaban J connectivity index is 1.82. The summed E-state index contributed by atoms with van der Waals surface area (Å²) in [6, 6.07) is 1.77. The quantitative estimate of drug-likeness (QED) is 0.776. The molecule has 0 saturated heterocycles. The van der Waals surface area contributed by atoms with E-state index in [-0.39, 0.29) is 0 Å². The van der Waals surface area contributed by atoms with Gasteiger partial charge in [-0.1, -0.05) is 37.3 Å². The number of hydrogen-bond donors (Lipinski definition) is 1. The average molecular weight is 284 g/mol. The van der Waals surface area contributed by atoms with Gasteiger partial charge < -0.3 is 10.1 Å². The molecule has 0 atom stereocenters. The van der Waals surface area contributed by atoms with Gasteiger partial charge in [-0.25, -0.2) is 9.97 Å². The third-order valence-electron chi connectivity index (χ3n) is 3.51. The number of nitrogens with one attached hydrogen (secondary N) is 1. The van der Waals surface area contributed by atoms with E-state index >= 15 is 0 Å². The third kappa shape index (κ3) is 4.96. The van der Waals surface area contributed by atoms with E-state index in [1.54, 1.807) is 6.07 Å². The summed E-state index contributed by atoms with van der Waals surface area (Å²) in [6.45, 7) is 3.96. The lowest BCUT2D eigenvalue weighted by molar-refractivity contribution is 0.128. The Morgan fingerprint density at radius 1 is 1.37 bits per heavy atom. The van der Waals surface area contributed by atoms with Crippen LogP contribution in [0, 0.1) is 5.92 Å². The molecule has 0 bridgehead atoms. The first-order valence-corrected chi connectivity index (χ1v) is 7.51. The molecule has 1 aromatic rings. The summed E-state index contributed by atoms with van der Waals surface area (Å²) in [5.74, 6) is 2.32. The van der Waals surface area contributed by atoms with Crippen LogP contribution in [0.5, 0.6) is 0 Å². The summed E-state index contributed by atoms with van der Waals surface area (Å²) < 4.78 is 5.30. The van der Waals surface area contributed by atoms with E-state index < -0.39 is 0 Å². The van der Waals surface area contributed by atoms with Crippen LogP contribution in [0.4, 0.5) is 5.82 Å². The summed E-state index contributed by atoms with van der Waals surface area (Å²) in [4.78, 5) is 8.55. The number of nitrogens with zero attached hydrogens (tertiary/aromatic N) is 2. The highest BCUT2D eigenvalue weighted by molar-refractivity contribution is 6.29. The van der Waals surface area contributed by atoms with Crippen LogP contribution in [0.1, 0.15) is 44.9 Å². The largest absolute Gasteiger partial charge is 0.374 e. The van der Waals surface area contributed by atoms with Gasteiger partial charge in [0.2, 0.25) is 0 Å². The molecular formula is C14H22ClN3O. The molecule has 0 aliphatic heterocycles. The molecule has 0 radical (unpaired) electrons. The lowest BCUT2D eigenvalue weighted by Gasteiger charge is -2.11. The van der Waals surface area contributed by atoms with Crippen LogP contribution in [-0.2, 0) is 11.3 Å². The van der Waals surface area contributed by atoms with Gasteiger partial charge in [0, 0.05) is 19.2 Å². The van der Waals surface area contributed by atoms with Crippen molar-refractivity contribution in [1.29, 1.82) is 0 Å². The maximum Gasteiger partial charge on any atom is 0.158 e. The van der Waals surface area contributed by atoms with Crippen LogP contribution < -0.4 is 5.32 Å². The predicted molar refractivity (Wildman–Crippen MR) is 77.4 cm³/mol. The van der Waals surface area contributed by atoms with Crippen molar-refractivity contribution in [3.63, 3.8) is 0 Å². The number of aromatic nitrogens is 2. The first-order chi connectivity index (χ1) is 9.28. The minimum Gasteiger partial charge on any atom is -0.374 e. The standard InChI is InChI=1S/C14H22ClN3O/c1-2-19-10-14-17-12(15)9-13(18-14)16-8-7-11-5-3-4-6-11/h9,11H,2-8,10H2,1H3,(H,16,17,18). The Bertz CT molecular complexity index is 394. The topological polar surface area (TPSA) is 47.0 Å². The van der Waals surface area contributed by atoms with Gasteiger partial charge in [-0.15, -0.1) is 0 Å². The van der Waals surface area contributed by atoms with Crippen LogP contribution in [0.15, 0.2) is 6.07 Å². The number of anilines is 1. The van der Waals surface area contributed by atoms with E-state index in [0.717, 1.165) is 18.3 Å². The summed E-state index contributed by atoms with van der Waals surface area (Å²) in [5.41, 5.74) is 0. The molecule has 0 spiro atoms. The fourth-order valence-corrected chi connectivity index (χ4v) is 2.72. The Morgan fingerprint density at radius 3 is 2.89 bits per heavy atom. The molecule has 1 N–H and O–H groups in total. The zero-order chi connectivity index (χ0) is 13.5. The van der Waals surface area contributed by atoms with Gasteiger partial charge in [0.25, 0.3) is 0 Å². The Labute approximate surface area is 119 Å². The van der Waals surface area contributed by atoms with Gasteiger partial charge in [0.05, 0.1) is 0 Å². The first kappa shape index (κ1) is 14.5. The predicted octanol–water partition coefficient (Wildman–Crippen LogP) is 3.66. The lowest BCUT2D eigenvalue weighted by atomic mass is 10.0. The molecule has 5 heteroatoms. The van der Waals surface area contributed by atoms with Crippen molar-refractivity contribution >= 4 is 17.4 Å². The molecule has 4 nitrogen and oxygen atoms in total. The van der Waals surface area contributed by atoms with E-state index in [0.29, 0.717) is 24.2 Å². The van der Waals surface area contributed by atoms with Crippen LogP contribution in [-0.4, -0.2) is 23.1 Å². The molecule has 1 saturated carbocycles. The number of halogens is 1. The van der Waals surface area contributed by atoms with Gasteiger partial charge in [-0.05, 0) is 19.3 Å². The first-order valence-electron chi connectivity index (χ1n) is 7.13. The zero-order valence-corrected chi connectivity index (χ0v) is 12.2. The highest BCUT2D eigenvalue weighted by Crippen LogP contribution is 2.27. The summed E-state index contributed by atoms with van der Waals surface area (Å²) in [7, 11) is 0. The summed E-state index contributed by atoms with van der Waals surface area (Å²) >= 11 is 5.99. The maximum atomic E-state index is 5.99. The zero-order valence-electron chi connectivity index (χ0n) is 11.5. The van der Waals surface area contributed by atoms with Crippen molar-refractivity contribution < 1.29 is 4.74 Å². The second kappa shape index (κ2) is 7.65. The molecule has 1 fully saturated rings. The fourth-order valence-electron chi connectivity index (χ4n) is 2.52. The van der Waals surface area contributed by atoms with Crippen LogP contribution in [0.2, 0.25) is 5.15 Å². The molecule has 1 aromatic heterocycles. The molecule has 1 heterocycles. The van der Waals surface area contributed by atoms with Gasteiger partial charge in [0.1, 0.15) is 17.6 Å². The SMILES string of the molecule is CCOCc1nc(Cl)cc(NCCC2CCCC2)n1. The molecule has 0 unspecified atom stereocenters. The maximum absolute atomic E-state index is 5.99. The smallest absolute Gasteiger partial charge is 0.158 e. The van der Waals surface area contributed by atoms with E-state index in [4.69, 9.17) is 16.3 Å². The third-order valence-corrected chi connectivity index (χ3v) is 3.70. The minimum atomic E-state index is 0.411. The normalized spacial score (nSPS) is 15.9. The average Bonchev–Trinajstić information content (AvgIpc) is 2.89. The van der Waals surface area contributed by atoms with E-state index in [9.17, 15) is 0 Å². The van der Waals surface area contributed by atoms with Crippen LogP contribution >= 0.6 is 11.6 Å². The molecule has 1 aliphatic carbocycles. The van der Waals surface area contributed by atoms with Gasteiger partial charge >= 0.3 is 0 Å². The summed E-state index contributed by atoms with van der Waals surface area (Å²) in [6.07, 6.45) is 6.75. The molecule has 19 heavy (non-hydrogen) atoms. The molecule has 0 amide bonds. The monoisotopic (exact) mass is 283 g/mol. The number of ether oxygens (including phenoxy) is 1. The second-order valence-electron chi connectivity index (χ2n) is 5.00. The molecule has 106 valence electrons. The molecule has 1 aliphatic rings. The van der Waals surface area contributed by atoms with Crippen molar-refractivity contribution in [2.45, 2.75) is 45.6 Å². The highest BCUT2D eigenvalue weighted by Gasteiger charge is 2.14. The number of rotatable bonds is 7. The fraction of sp³-hybridized carbons (Fsp3) is 0.714. The molecule has 0 aromatic carbocycles. The van der Waals surface area contributed by atoms with E-state index in [1.165, 1.54) is 32.1 Å². The van der Waals surface area contributed by atoms with Gasteiger partial charge in [0.15, 0.2) is 5.82 Å². The highest BCUT2D eigenvalue weighted by atomic mass is 35.5. The van der Waals surface area contributed by atoms with Crippen molar-refractivity contribution in [2.24, 2.45) is 5.92 Å². The van der Waals surface area contributed by atoms with Gasteiger partial charge in [-0.3, -0.25) is 0 Å². The summed E-state index contributed by atoms with van der Waals surface area (Å²) in [5, 5.41) is 3.80. The minimum absolute atomic E-state index is 0.411. The Morgan fingerprint density at radius 2 is 2.16 bits per heavy atom. The Hall–Kier alpha value is -0.870. The van der Waals surface area contributed by atoms with Gasteiger partial charge in [-0.2, -0.15) is 0 Å². The van der Waals surface area contributed by atoms with Crippen LogP contribution in [0.3, 0.4) is 0 Å². The van der Waals surface area contributed by atoms with Crippen molar-refractivity contribution in [1.82, 2.24) is 9.97 Å². The Kier molecular flexibility index (Phi) is 5.86. The van der Waals surface area contributed by atoms with E-state index in [1.807, 2.05) is 6.92 Å². The van der Waals surface area contributed by atoms with E-state index in [2.05, 4.69) is 15.3 Å².